The van der Waals surface area contributed by atoms with Crippen LogP contribution in [0.3, 0.4) is 0 Å². The van der Waals surface area contributed by atoms with Gasteiger partial charge < -0.3 is 4.74 Å². The number of hydrogen-bond acceptors (Lipinski definition) is 3. The maximum atomic E-state index is 11.2. The number of hydrogen-bond donors (Lipinski definition) is 0. The van der Waals surface area contributed by atoms with Crippen LogP contribution in [-0.2, 0) is 11.2 Å². The Morgan fingerprint density at radius 1 is 1.69 bits per heavy atom. The Balaban J connectivity index is 2.97. The van der Waals surface area contributed by atoms with Crippen LogP contribution in [0, 0.1) is 0 Å². The fraction of sp³-hybridized carbons (Fsp3) is 0.333. The molecular weight excluding hydrogens is 234 g/mol. The Hall–Kier alpha value is -0.900. The number of rotatable bonds is 3. The van der Waals surface area contributed by atoms with Crippen LogP contribution in [0.25, 0.3) is 0 Å². The molecule has 0 radical (unpaired) electrons. The number of alkyl halides is 1. The third kappa shape index (κ3) is 2.52. The van der Waals surface area contributed by atoms with E-state index in [0.29, 0.717) is 5.69 Å². The van der Waals surface area contributed by atoms with Crippen molar-refractivity contribution in [2.75, 3.05) is 12.4 Å². The number of aromatic nitrogens is 1. The molecule has 0 aromatic carbocycles. The van der Waals surface area contributed by atoms with Gasteiger partial charge in [0, 0.05) is 11.5 Å². The van der Waals surface area contributed by atoms with Gasteiger partial charge in [-0.3, -0.25) is 0 Å². The molecule has 70 valence electrons. The van der Waals surface area contributed by atoms with Gasteiger partial charge in [0.25, 0.3) is 0 Å². The number of esters is 1. The molecule has 0 N–H and O–H groups in total. The Labute approximate surface area is 85.3 Å². The molecule has 0 aliphatic rings. The highest BCUT2D eigenvalue weighted by molar-refractivity contribution is 9.09. The van der Waals surface area contributed by atoms with Crippen molar-refractivity contribution in [3.8, 4) is 0 Å². The van der Waals surface area contributed by atoms with Crippen molar-refractivity contribution in [1.82, 2.24) is 4.98 Å². The van der Waals surface area contributed by atoms with Crippen molar-refractivity contribution in [2.45, 2.75) is 6.42 Å². The average molecular weight is 244 g/mol. The number of pyridine rings is 1. The van der Waals surface area contributed by atoms with Crippen molar-refractivity contribution in [1.29, 1.82) is 0 Å². The van der Waals surface area contributed by atoms with Gasteiger partial charge in [-0.15, -0.1) is 0 Å². The third-order valence-electron chi connectivity index (χ3n) is 1.63. The minimum Gasteiger partial charge on any atom is -0.464 e. The molecule has 0 aliphatic carbocycles. The van der Waals surface area contributed by atoms with Gasteiger partial charge in [0.2, 0.25) is 0 Å². The van der Waals surface area contributed by atoms with Gasteiger partial charge in [0.05, 0.1) is 7.11 Å². The molecule has 13 heavy (non-hydrogen) atoms. The lowest BCUT2D eigenvalue weighted by atomic mass is 10.1. The zero-order chi connectivity index (χ0) is 9.68. The van der Waals surface area contributed by atoms with Gasteiger partial charge in [0.1, 0.15) is 0 Å². The zero-order valence-corrected chi connectivity index (χ0v) is 8.87. The molecule has 0 aliphatic heterocycles. The maximum Gasteiger partial charge on any atom is 0.356 e. The summed E-state index contributed by atoms with van der Waals surface area (Å²) in [4.78, 5) is 15.2. The molecule has 3 nitrogen and oxygen atoms in total. The number of carbonyl (C=O) groups is 1. The first-order chi connectivity index (χ1) is 6.29. The highest BCUT2D eigenvalue weighted by Crippen LogP contribution is 2.08. The Morgan fingerprint density at radius 2 is 2.46 bits per heavy atom. The maximum absolute atomic E-state index is 11.2. The SMILES string of the molecule is COC(=O)c1ncccc1CCBr. The predicted molar refractivity (Wildman–Crippen MR) is 53.1 cm³/mol. The van der Waals surface area contributed by atoms with E-state index in [9.17, 15) is 4.79 Å². The van der Waals surface area contributed by atoms with Crippen LogP contribution < -0.4 is 0 Å². The van der Waals surface area contributed by atoms with Crippen LogP contribution in [0.4, 0.5) is 0 Å². The van der Waals surface area contributed by atoms with E-state index < -0.39 is 0 Å². The summed E-state index contributed by atoms with van der Waals surface area (Å²) in [5, 5.41) is 0.808. The molecular formula is C9H10BrNO2. The highest BCUT2D eigenvalue weighted by atomic mass is 79.9. The number of carbonyl (C=O) groups excluding carboxylic acids is 1. The van der Waals surface area contributed by atoms with Crippen LogP contribution in [0.15, 0.2) is 18.3 Å². The molecule has 0 unspecified atom stereocenters. The molecule has 0 spiro atoms. The van der Waals surface area contributed by atoms with E-state index in [-0.39, 0.29) is 5.97 Å². The number of aryl methyl sites for hydroxylation is 1. The summed E-state index contributed by atoms with van der Waals surface area (Å²) in [6, 6.07) is 3.69. The molecule has 0 saturated heterocycles. The van der Waals surface area contributed by atoms with Crippen LogP contribution >= 0.6 is 15.9 Å². The quantitative estimate of drug-likeness (QED) is 0.601. The molecule has 0 saturated carbocycles. The van der Waals surface area contributed by atoms with E-state index in [0.717, 1.165) is 17.3 Å². The van der Waals surface area contributed by atoms with Gasteiger partial charge in [-0.2, -0.15) is 0 Å². The fourth-order valence-electron chi connectivity index (χ4n) is 1.02. The van der Waals surface area contributed by atoms with E-state index in [1.54, 1.807) is 6.20 Å². The number of methoxy groups -OCH3 is 1. The van der Waals surface area contributed by atoms with Crippen molar-refractivity contribution in [3.05, 3.63) is 29.6 Å². The number of nitrogens with zero attached hydrogens (tertiary/aromatic N) is 1. The van der Waals surface area contributed by atoms with Gasteiger partial charge in [-0.25, -0.2) is 9.78 Å². The van der Waals surface area contributed by atoms with Gasteiger partial charge in [-0.05, 0) is 18.1 Å². The summed E-state index contributed by atoms with van der Waals surface area (Å²) in [7, 11) is 1.36. The Kier molecular flexibility index (Phi) is 3.89. The smallest absolute Gasteiger partial charge is 0.356 e. The lowest BCUT2D eigenvalue weighted by molar-refractivity contribution is 0.0593. The largest absolute Gasteiger partial charge is 0.464 e. The van der Waals surface area contributed by atoms with E-state index in [1.165, 1.54) is 7.11 Å². The summed E-state index contributed by atoms with van der Waals surface area (Å²) >= 11 is 3.31. The molecule has 1 heterocycles. The minimum atomic E-state index is -0.378. The Morgan fingerprint density at radius 3 is 3.08 bits per heavy atom. The van der Waals surface area contributed by atoms with Crippen LogP contribution in [-0.4, -0.2) is 23.4 Å². The number of halogens is 1. The first-order valence-electron chi connectivity index (χ1n) is 3.87. The van der Waals surface area contributed by atoms with E-state index >= 15 is 0 Å². The normalized spacial score (nSPS) is 9.69. The lowest BCUT2D eigenvalue weighted by Crippen LogP contribution is -2.08. The van der Waals surface area contributed by atoms with Crippen molar-refractivity contribution in [2.24, 2.45) is 0 Å². The van der Waals surface area contributed by atoms with Crippen molar-refractivity contribution < 1.29 is 9.53 Å². The summed E-state index contributed by atoms with van der Waals surface area (Å²) in [5.74, 6) is -0.378. The first-order valence-corrected chi connectivity index (χ1v) is 5.00. The average Bonchev–Trinajstić information content (AvgIpc) is 2.18. The fourth-order valence-corrected chi connectivity index (χ4v) is 1.45. The van der Waals surface area contributed by atoms with Crippen molar-refractivity contribution in [3.63, 3.8) is 0 Å². The predicted octanol–water partition coefficient (Wildman–Crippen LogP) is 1.81. The van der Waals surface area contributed by atoms with Crippen LogP contribution in [0.1, 0.15) is 16.1 Å². The molecule has 0 bridgehead atoms. The first kappa shape index (κ1) is 10.2. The second kappa shape index (κ2) is 4.97. The molecule has 0 fully saturated rings. The topological polar surface area (TPSA) is 39.2 Å². The molecule has 4 heteroatoms. The third-order valence-corrected chi connectivity index (χ3v) is 2.03. The van der Waals surface area contributed by atoms with Crippen LogP contribution in [0.2, 0.25) is 0 Å². The molecule has 1 aromatic rings. The Bertz CT molecular complexity index is 301. The van der Waals surface area contributed by atoms with Crippen molar-refractivity contribution >= 4 is 21.9 Å². The van der Waals surface area contributed by atoms with E-state index in [1.807, 2.05) is 12.1 Å². The van der Waals surface area contributed by atoms with E-state index in [2.05, 4.69) is 25.7 Å². The van der Waals surface area contributed by atoms with Crippen LogP contribution in [0.5, 0.6) is 0 Å². The van der Waals surface area contributed by atoms with Gasteiger partial charge in [0.15, 0.2) is 5.69 Å². The second-order valence-corrected chi connectivity index (χ2v) is 3.23. The zero-order valence-electron chi connectivity index (χ0n) is 7.29. The number of ether oxygens (including phenoxy) is 1. The summed E-state index contributed by atoms with van der Waals surface area (Å²) in [5.41, 5.74) is 1.32. The highest BCUT2D eigenvalue weighted by Gasteiger charge is 2.11. The monoisotopic (exact) mass is 243 g/mol. The second-order valence-electron chi connectivity index (χ2n) is 2.44. The summed E-state index contributed by atoms with van der Waals surface area (Å²) in [6.45, 7) is 0. The molecule has 0 amide bonds. The summed E-state index contributed by atoms with van der Waals surface area (Å²) < 4.78 is 4.61. The molecule has 1 rings (SSSR count). The summed E-state index contributed by atoms with van der Waals surface area (Å²) in [6.07, 6.45) is 2.36. The lowest BCUT2D eigenvalue weighted by Gasteiger charge is -2.03. The van der Waals surface area contributed by atoms with E-state index in [4.69, 9.17) is 0 Å². The van der Waals surface area contributed by atoms with Gasteiger partial charge in [-0.1, -0.05) is 22.0 Å². The minimum absolute atomic E-state index is 0.378. The standard InChI is InChI=1S/C9H10BrNO2/c1-13-9(12)8-7(4-5-10)3-2-6-11-8/h2-3,6H,4-5H2,1H3. The van der Waals surface area contributed by atoms with Gasteiger partial charge >= 0.3 is 5.97 Å². The molecule has 0 atom stereocenters. The molecule has 1 aromatic heterocycles.